The van der Waals surface area contributed by atoms with Crippen molar-refractivity contribution in [3.05, 3.63) is 30.1 Å². The first-order valence-electron chi connectivity index (χ1n) is 8.08. The Hall–Kier alpha value is -1.91. The van der Waals surface area contributed by atoms with Gasteiger partial charge in [-0.2, -0.15) is 0 Å². The minimum absolute atomic E-state index is 0.101. The second-order valence-corrected chi connectivity index (χ2v) is 6.40. The lowest BCUT2D eigenvalue weighted by atomic mass is 9.92. The summed E-state index contributed by atoms with van der Waals surface area (Å²) in [6.45, 7) is 1.29. The molecule has 1 aromatic rings. The van der Waals surface area contributed by atoms with Crippen molar-refractivity contribution in [3.8, 4) is 0 Å². The van der Waals surface area contributed by atoms with Crippen LogP contribution in [0.25, 0.3) is 0 Å². The minimum atomic E-state index is -0.157. The molecule has 1 aromatic heterocycles. The Balaban J connectivity index is 1.51. The third-order valence-electron chi connectivity index (χ3n) is 4.88. The molecule has 2 fully saturated rings. The molecule has 2 aliphatic rings. The largest absolute Gasteiger partial charge is 0.345 e. The topological polar surface area (TPSA) is 53.5 Å². The lowest BCUT2D eigenvalue weighted by Crippen LogP contribution is -2.42. The maximum atomic E-state index is 12.5. The first-order chi connectivity index (χ1) is 10.6. The first kappa shape index (κ1) is 15.0. The fourth-order valence-corrected chi connectivity index (χ4v) is 3.22. The van der Waals surface area contributed by atoms with Crippen molar-refractivity contribution in [2.75, 3.05) is 20.1 Å². The smallest absolute Gasteiger partial charge is 0.227 e. The summed E-state index contributed by atoms with van der Waals surface area (Å²) in [4.78, 5) is 32.3. The number of amides is 2. The molecule has 22 heavy (non-hydrogen) atoms. The van der Waals surface area contributed by atoms with Crippen LogP contribution in [0.2, 0.25) is 0 Å². The number of hydrogen-bond acceptors (Lipinski definition) is 3. The van der Waals surface area contributed by atoms with Crippen molar-refractivity contribution >= 4 is 11.8 Å². The van der Waals surface area contributed by atoms with Crippen molar-refractivity contribution in [2.45, 2.75) is 38.1 Å². The van der Waals surface area contributed by atoms with Crippen LogP contribution < -0.4 is 0 Å². The van der Waals surface area contributed by atoms with Crippen molar-refractivity contribution in [1.29, 1.82) is 0 Å². The molecule has 3 rings (SSSR count). The minimum Gasteiger partial charge on any atom is -0.345 e. The van der Waals surface area contributed by atoms with E-state index in [1.165, 1.54) is 12.0 Å². The number of aromatic nitrogens is 1. The predicted octanol–water partition coefficient (Wildman–Crippen LogP) is 1.48. The summed E-state index contributed by atoms with van der Waals surface area (Å²) in [5.74, 6) is 0.102. The molecule has 1 saturated heterocycles. The molecule has 0 aromatic carbocycles. The number of hydrogen-bond donors (Lipinski definition) is 0. The van der Waals surface area contributed by atoms with Crippen molar-refractivity contribution in [1.82, 2.24) is 14.8 Å². The number of carbonyl (C=O) groups is 2. The van der Waals surface area contributed by atoms with Gasteiger partial charge in [0.25, 0.3) is 0 Å². The molecular formula is C17H23N3O2. The molecule has 1 aliphatic heterocycles. The fourth-order valence-electron chi connectivity index (χ4n) is 3.22. The highest BCUT2D eigenvalue weighted by Crippen LogP contribution is 2.31. The van der Waals surface area contributed by atoms with Gasteiger partial charge in [-0.1, -0.05) is 0 Å². The molecule has 2 heterocycles. The van der Waals surface area contributed by atoms with Gasteiger partial charge in [-0.3, -0.25) is 14.6 Å². The van der Waals surface area contributed by atoms with E-state index in [0.717, 1.165) is 19.3 Å². The van der Waals surface area contributed by atoms with E-state index >= 15 is 0 Å². The van der Waals surface area contributed by atoms with E-state index in [2.05, 4.69) is 4.98 Å². The molecule has 0 N–H and O–H groups in total. The molecule has 2 amide bonds. The Morgan fingerprint density at radius 1 is 1.36 bits per heavy atom. The normalized spacial score (nSPS) is 21.8. The van der Waals surface area contributed by atoms with Gasteiger partial charge in [-0.15, -0.1) is 0 Å². The molecule has 5 nitrogen and oxygen atoms in total. The number of likely N-dealkylation sites (N-methyl/N-ethyl adjacent to an activating group) is 1. The summed E-state index contributed by atoms with van der Waals surface area (Å²) in [6.07, 6.45) is 8.15. The van der Waals surface area contributed by atoms with Crippen molar-refractivity contribution < 1.29 is 9.59 Å². The summed E-state index contributed by atoms with van der Waals surface area (Å²) in [7, 11) is 1.83. The van der Waals surface area contributed by atoms with Gasteiger partial charge in [0.05, 0.1) is 5.92 Å². The number of rotatable bonds is 5. The second kappa shape index (κ2) is 6.46. The van der Waals surface area contributed by atoms with Crippen LogP contribution in [0.15, 0.2) is 24.5 Å². The predicted molar refractivity (Wildman–Crippen MR) is 83.0 cm³/mol. The Labute approximate surface area is 131 Å². The van der Waals surface area contributed by atoms with Crippen LogP contribution in [0.5, 0.6) is 0 Å². The molecule has 118 valence electrons. The molecule has 5 heteroatoms. The SMILES string of the molecule is CN(CCc1ccncc1)C(=O)C1CC(=O)N(C2CCC2)C1. The van der Waals surface area contributed by atoms with Crippen LogP contribution >= 0.6 is 0 Å². The lowest BCUT2D eigenvalue weighted by Gasteiger charge is -2.34. The van der Waals surface area contributed by atoms with Crippen LogP contribution in [-0.4, -0.2) is 52.8 Å². The molecule has 1 atom stereocenters. The maximum Gasteiger partial charge on any atom is 0.227 e. The summed E-state index contributed by atoms with van der Waals surface area (Å²) in [5.41, 5.74) is 1.17. The number of pyridine rings is 1. The highest BCUT2D eigenvalue weighted by Gasteiger charge is 2.40. The van der Waals surface area contributed by atoms with E-state index in [9.17, 15) is 9.59 Å². The highest BCUT2D eigenvalue weighted by atomic mass is 16.2. The second-order valence-electron chi connectivity index (χ2n) is 6.40. The maximum absolute atomic E-state index is 12.5. The Kier molecular flexibility index (Phi) is 4.41. The van der Waals surface area contributed by atoms with Crippen LogP contribution in [-0.2, 0) is 16.0 Å². The molecule has 1 saturated carbocycles. The average Bonchev–Trinajstić information content (AvgIpc) is 2.85. The third-order valence-corrected chi connectivity index (χ3v) is 4.88. The molecule has 1 unspecified atom stereocenters. The third kappa shape index (κ3) is 3.13. The van der Waals surface area contributed by atoms with Crippen molar-refractivity contribution in [2.24, 2.45) is 5.92 Å². The quantitative estimate of drug-likeness (QED) is 0.828. The van der Waals surface area contributed by atoms with E-state index in [-0.39, 0.29) is 17.7 Å². The van der Waals surface area contributed by atoms with E-state index in [4.69, 9.17) is 0 Å². The first-order valence-corrected chi connectivity index (χ1v) is 8.08. The molecule has 1 aliphatic carbocycles. The van der Waals surface area contributed by atoms with Gasteiger partial charge in [0, 0.05) is 45.0 Å². The number of likely N-dealkylation sites (tertiary alicyclic amines) is 1. The summed E-state index contributed by atoms with van der Waals surface area (Å²) >= 11 is 0. The van der Waals surface area contributed by atoms with Crippen LogP contribution in [0, 0.1) is 5.92 Å². The lowest BCUT2D eigenvalue weighted by molar-refractivity contribution is -0.134. The Bertz CT molecular complexity index is 542. The fraction of sp³-hybridized carbons (Fsp3) is 0.588. The van der Waals surface area contributed by atoms with Crippen molar-refractivity contribution in [3.63, 3.8) is 0 Å². The van der Waals surface area contributed by atoms with Crippen LogP contribution in [0.3, 0.4) is 0 Å². The summed E-state index contributed by atoms with van der Waals surface area (Å²) in [6, 6.07) is 4.33. The van der Waals surface area contributed by atoms with Gasteiger partial charge >= 0.3 is 0 Å². The van der Waals surface area contributed by atoms with E-state index in [0.29, 0.717) is 25.6 Å². The average molecular weight is 301 g/mol. The van der Waals surface area contributed by atoms with Gasteiger partial charge in [-0.25, -0.2) is 0 Å². The van der Waals surface area contributed by atoms with Gasteiger partial charge in [0.15, 0.2) is 0 Å². The Morgan fingerprint density at radius 3 is 2.73 bits per heavy atom. The van der Waals surface area contributed by atoms with E-state index in [1.807, 2.05) is 24.1 Å². The van der Waals surface area contributed by atoms with Gasteiger partial charge in [0.1, 0.15) is 0 Å². The zero-order valence-electron chi connectivity index (χ0n) is 13.1. The summed E-state index contributed by atoms with van der Waals surface area (Å²) in [5, 5.41) is 0. The Morgan fingerprint density at radius 2 is 2.09 bits per heavy atom. The zero-order valence-corrected chi connectivity index (χ0v) is 13.1. The monoisotopic (exact) mass is 301 g/mol. The zero-order chi connectivity index (χ0) is 15.5. The number of nitrogens with zero attached hydrogens (tertiary/aromatic N) is 3. The van der Waals surface area contributed by atoms with Gasteiger partial charge in [0.2, 0.25) is 11.8 Å². The highest BCUT2D eigenvalue weighted by molar-refractivity contribution is 5.89. The van der Waals surface area contributed by atoms with E-state index in [1.54, 1.807) is 17.3 Å². The van der Waals surface area contributed by atoms with Gasteiger partial charge in [-0.05, 0) is 43.4 Å². The molecule has 0 spiro atoms. The molecule has 0 bridgehead atoms. The molecule has 0 radical (unpaired) electrons. The van der Waals surface area contributed by atoms with Crippen LogP contribution in [0.1, 0.15) is 31.2 Å². The van der Waals surface area contributed by atoms with Crippen LogP contribution in [0.4, 0.5) is 0 Å². The van der Waals surface area contributed by atoms with Gasteiger partial charge < -0.3 is 9.80 Å². The standard InChI is InChI=1S/C17H23N3O2/c1-19(10-7-13-5-8-18-9-6-13)17(22)14-11-16(21)20(12-14)15-3-2-4-15/h5-6,8-9,14-15H,2-4,7,10-12H2,1H3. The molecular weight excluding hydrogens is 278 g/mol. The summed E-state index contributed by atoms with van der Waals surface area (Å²) < 4.78 is 0. The number of carbonyl (C=O) groups excluding carboxylic acids is 2. The van der Waals surface area contributed by atoms with E-state index < -0.39 is 0 Å².